The van der Waals surface area contributed by atoms with Gasteiger partial charge in [0.2, 0.25) is 0 Å². The second kappa shape index (κ2) is 4.13. The van der Waals surface area contributed by atoms with Crippen LogP contribution < -0.4 is 5.32 Å². The van der Waals surface area contributed by atoms with E-state index >= 15 is 0 Å². The van der Waals surface area contributed by atoms with Crippen LogP contribution in [0.3, 0.4) is 0 Å². The van der Waals surface area contributed by atoms with Crippen LogP contribution in [0.2, 0.25) is 0 Å². The van der Waals surface area contributed by atoms with Gasteiger partial charge in [-0.3, -0.25) is 4.79 Å². The lowest BCUT2D eigenvalue weighted by molar-refractivity contribution is 0.0938. The molecule has 17 heavy (non-hydrogen) atoms. The summed E-state index contributed by atoms with van der Waals surface area (Å²) >= 11 is 0. The Bertz CT molecular complexity index is 569. The summed E-state index contributed by atoms with van der Waals surface area (Å²) in [7, 11) is 1.55. The van der Waals surface area contributed by atoms with Crippen LogP contribution in [0, 0.1) is 0 Å². The van der Waals surface area contributed by atoms with Crippen LogP contribution in [0.15, 0.2) is 22.6 Å². The zero-order valence-electron chi connectivity index (χ0n) is 10.1. The van der Waals surface area contributed by atoms with E-state index in [9.17, 15) is 9.90 Å². The average molecular weight is 233 g/mol. The van der Waals surface area contributed by atoms with Crippen molar-refractivity contribution in [3.8, 4) is 5.75 Å². The van der Waals surface area contributed by atoms with E-state index in [2.05, 4.69) is 5.32 Å². The van der Waals surface area contributed by atoms with Crippen LogP contribution >= 0.6 is 0 Å². The van der Waals surface area contributed by atoms with Crippen LogP contribution in [0.4, 0.5) is 0 Å². The molecule has 0 saturated heterocycles. The normalized spacial score (nSPS) is 11.1. The number of phenols is 1. The van der Waals surface area contributed by atoms with Gasteiger partial charge in [-0.25, -0.2) is 0 Å². The van der Waals surface area contributed by atoms with Crippen molar-refractivity contribution in [1.82, 2.24) is 5.32 Å². The maximum absolute atomic E-state index is 11.4. The molecule has 0 radical (unpaired) electrons. The molecular weight excluding hydrogens is 218 g/mol. The maximum atomic E-state index is 11.4. The summed E-state index contributed by atoms with van der Waals surface area (Å²) in [6.07, 6.45) is 0. The standard InChI is InChI=1S/C13H15NO3/c1-7(2)9-4-8-5-12(13(16)14-3)17-11(8)6-10(9)15/h4-7,15H,1-3H3,(H,14,16). The molecule has 4 nitrogen and oxygen atoms in total. The fraction of sp³-hybridized carbons (Fsp3) is 0.308. The molecule has 0 bridgehead atoms. The Balaban J connectivity index is 2.58. The fourth-order valence-electron chi connectivity index (χ4n) is 1.79. The van der Waals surface area contributed by atoms with Crippen molar-refractivity contribution < 1.29 is 14.3 Å². The molecule has 90 valence electrons. The molecule has 0 atom stereocenters. The maximum Gasteiger partial charge on any atom is 0.286 e. The number of hydrogen-bond donors (Lipinski definition) is 2. The quantitative estimate of drug-likeness (QED) is 0.838. The molecule has 2 rings (SSSR count). The van der Waals surface area contributed by atoms with Crippen LogP contribution in [0.5, 0.6) is 5.75 Å². The van der Waals surface area contributed by atoms with Crippen LogP contribution in [-0.2, 0) is 0 Å². The van der Waals surface area contributed by atoms with Gasteiger partial charge in [-0.2, -0.15) is 0 Å². The minimum Gasteiger partial charge on any atom is -0.508 e. The molecular formula is C13H15NO3. The summed E-state index contributed by atoms with van der Waals surface area (Å²) in [5.41, 5.74) is 1.37. The Morgan fingerprint density at radius 3 is 2.65 bits per heavy atom. The molecule has 2 aromatic rings. The number of phenolic OH excluding ortho intramolecular Hbond substituents is 1. The second-order valence-electron chi connectivity index (χ2n) is 4.29. The Morgan fingerprint density at radius 1 is 1.35 bits per heavy atom. The molecule has 1 amide bonds. The lowest BCUT2D eigenvalue weighted by Crippen LogP contribution is -2.16. The second-order valence-corrected chi connectivity index (χ2v) is 4.29. The van der Waals surface area contributed by atoms with Gasteiger partial charge in [0.15, 0.2) is 5.76 Å². The molecule has 1 heterocycles. The summed E-state index contributed by atoms with van der Waals surface area (Å²) in [5.74, 6) is 0.401. The molecule has 4 heteroatoms. The van der Waals surface area contributed by atoms with Gasteiger partial charge in [0.05, 0.1) is 0 Å². The van der Waals surface area contributed by atoms with E-state index < -0.39 is 0 Å². The van der Waals surface area contributed by atoms with Gasteiger partial charge < -0.3 is 14.8 Å². The smallest absolute Gasteiger partial charge is 0.286 e. The molecule has 0 spiro atoms. The van der Waals surface area contributed by atoms with Crippen LogP contribution in [0.1, 0.15) is 35.9 Å². The zero-order chi connectivity index (χ0) is 12.6. The van der Waals surface area contributed by atoms with Crippen molar-refractivity contribution >= 4 is 16.9 Å². The number of fused-ring (bicyclic) bond motifs is 1. The van der Waals surface area contributed by atoms with Gasteiger partial charge >= 0.3 is 0 Å². The number of amides is 1. The Labute approximate surface area is 99.2 Å². The number of hydrogen-bond acceptors (Lipinski definition) is 3. The largest absolute Gasteiger partial charge is 0.508 e. The molecule has 0 unspecified atom stereocenters. The van der Waals surface area contributed by atoms with Gasteiger partial charge in [-0.1, -0.05) is 13.8 Å². The van der Waals surface area contributed by atoms with Crippen molar-refractivity contribution in [2.75, 3.05) is 7.05 Å². The van der Waals surface area contributed by atoms with Crippen molar-refractivity contribution in [3.63, 3.8) is 0 Å². The predicted molar refractivity (Wildman–Crippen MR) is 65.4 cm³/mol. The van der Waals surface area contributed by atoms with Crippen molar-refractivity contribution in [1.29, 1.82) is 0 Å². The lowest BCUT2D eigenvalue weighted by atomic mass is 10.0. The van der Waals surface area contributed by atoms with E-state index in [-0.39, 0.29) is 23.3 Å². The highest BCUT2D eigenvalue weighted by molar-refractivity contribution is 5.96. The summed E-state index contributed by atoms with van der Waals surface area (Å²) < 4.78 is 5.36. The number of nitrogens with one attached hydrogen (secondary N) is 1. The van der Waals surface area contributed by atoms with E-state index in [1.54, 1.807) is 19.2 Å². The lowest BCUT2D eigenvalue weighted by Gasteiger charge is -2.07. The fourth-order valence-corrected chi connectivity index (χ4v) is 1.79. The highest BCUT2D eigenvalue weighted by atomic mass is 16.3. The number of furan rings is 1. The molecule has 1 aromatic heterocycles. The molecule has 0 aliphatic rings. The number of aromatic hydroxyl groups is 1. The molecule has 1 aromatic carbocycles. The van der Waals surface area contributed by atoms with Crippen LogP contribution in [0.25, 0.3) is 11.0 Å². The first-order chi connectivity index (χ1) is 8.02. The number of rotatable bonds is 2. The summed E-state index contributed by atoms with van der Waals surface area (Å²) in [5, 5.41) is 13.1. The minimum atomic E-state index is -0.271. The Hall–Kier alpha value is -1.97. The van der Waals surface area contributed by atoms with Crippen molar-refractivity contribution in [2.45, 2.75) is 19.8 Å². The third-order valence-electron chi connectivity index (χ3n) is 2.74. The third-order valence-corrected chi connectivity index (χ3v) is 2.74. The van der Waals surface area contributed by atoms with E-state index in [0.717, 1.165) is 10.9 Å². The van der Waals surface area contributed by atoms with Crippen molar-refractivity contribution in [3.05, 3.63) is 29.5 Å². The molecule has 0 aliphatic heterocycles. The average Bonchev–Trinajstić information content (AvgIpc) is 2.69. The minimum absolute atomic E-state index is 0.199. The number of benzene rings is 1. The number of carbonyl (C=O) groups is 1. The highest BCUT2D eigenvalue weighted by Gasteiger charge is 2.14. The van der Waals surface area contributed by atoms with E-state index in [4.69, 9.17) is 4.42 Å². The van der Waals surface area contributed by atoms with Crippen molar-refractivity contribution in [2.24, 2.45) is 0 Å². The van der Waals surface area contributed by atoms with Gasteiger partial charge in [0.25, 0.3) is 5.91 Å². The first-order valence-corrected chi connectivity index (χ1v) is 5.51. The van der Waals surface area contributed by atoms with E-state index in [0.29, 0.717) is 5.58 Å². The predicted octanol–water partition coefficient (Wildman–Crippen LogP) is 2.62. The van der Waals surface area contributed by atoms with Gasteiger partial charge in [-0.15, -0.1) is 0 Å². The monoisotopic (exact) mass is 233 g/mol. The Morgan fingerprint density at radius 2 is 2.06 bits per heavy atom. The van der Waals surface area contributed by atoms with Gasteiger partial charge in [0, 0.05) is 18.5 Å². The first-order valence-electron chi connectivity index (χ1n) is 5.51. The van der Waals surface area contributed by atoms with E-state index in [1.165, 1.54) is 0 Å². The summed E-state index contributed by atoms with van der Waals surface area (Å²) in [4.78, 5) is 11.4. The highest BCUT2D eigenvalue weighted by Crippen LogP contribution is 2.31. The number of carbonyl (C=O) groups excluding carboxylic acids is 1. The summed E-state index contributed by atoms with van der Waals surface area (Å²) in [6, 6.07) is 5.09. The van der Waals surface area contributed by atoms with Gasteiger partial charge in [-0.05, 0) is 23.6 Å². The first kappa shape index (κ1) is 11.5. The van der Waals surface area contributed by atoms with Gasteiger partial charge in [0.1, 0.15) is 11.3 Å². The zero-order valence-corrected chi connectivity index (χ0v) is 10.1. The van der Waals surface area contributed by atoms with Crippen LogP contribution in [-0.4, -0.2) is 18.1 Å². The third kappa shape index (κ3) is 1.98. The topological polar surface area (TPSA) is 62.5 Å². The Kier molecular flexibility index (Phi) is 2.79. The molecule has 0 aliphatic carbocycles. The van der Waals surface area contributed by atoms with E-state index in [1.807, 2.05) is 19.9 Å². The SMILES string of the molecule is CNC(=O)c1cc2cc(C(C)C)c(O)cc2o1. The summed E-state index contributed by atoms with van der Waals surface area (Å²) in [6.45, 7) is 4.00. The molecule has 0 saturated carbocycles. The molecule has 0 fully saturated rings. The molecule has 2 N–H and O–H groups in total.